The summed E-state index contributed by atoms with van der Waals surface area (Å²) in [5, 5.41) is 5.05. The molecule has 0 unspecified atom stereocenters. The topological polar surface area (TPSA) is 73.7 Å². The highest BCUT2D eigenvalue weighted by atomic mass is 28.3. The third-order valence-electron chi connectivity index (χ3n) is 10.4. The van der Waals surface area contributed by atoms with Crippen molar-refractivity contribution in [1.82, 2.24) is 24.9 Å². The Bertz CT molecular complexity index is 2740. The molecule has 9 aromatic rings. The number of nitrogens with zero attached hydrogens (tertiary/aromatic N) is 5. The quantitative estimate of drug-likeness (QED) is 0.153. The minimum Gasteiger partial charge on any atom is -0.457 e. The summed E-state index contributed by atoms with van der Waals surface area (Å²) in [4.78, 5) is 24.2. The van der Waals surface area contributed by atoms with Crippen LogP contribution in [0.3, 0.4) is 0 Å². The van der Waals surface area contributed by atoms with Gasteiger partial charge >= 0.3 is 0 Å². The van der Waals surface area contributed by atoms with Gasteiger partial charge in [0.2, 0.25) is 0 Å². The number of hydrogen-bond donors (Lipinski definition) is 0. The van der Waals surface area contributed by atoms with E-state index < -0.39 is 8.07 Å². The van der Waals surface area contributed by atoms with Gasteiger partial charge in [0.1, 0.15) is 11.5 Å². The van der Waals surface area contributed by atoms with E-state index in [0.29, 0.717) is 17.5 Å². The molecule has 4 heterocycles. The van der Waals surface area contributed by atoms with E-state index in [-0.39, 0.29) is 0 Å². The van der Waals surface area contributed by atoms with E-state index in [9.17, 15) is 0 Å². The highest BCUT2D eigenvalue weighted by molar-refractivity contribution is 7.20. The first kappa shape index (κ1) is 33.2. The average molecular weight is 736 g/mol. The van der Waals surface area contributed by atoms with Gasteiger partial charge in [-0.15, -0.1) is 0 Å². The number of benzene rings is 6. The SMILES string of the molecule is c1ccc(-c2nc(-c3ccccc3)nc(-c3cncc(-c4cncc(-c5cccc6c5Oc5ccccc5[Si]6(c5ccccc5)c5ccccc5)c4)c3)n2)cc1. The zero-order valence-corrected chi connectivity index (χ0v) is 31.2. The predicted octanol–water partition coefficient (Wildman–Crippen LogP) is 8.48. The van der Waals surface area contributed by atoms with Crippen molar-refractivity contribution in [3.63, 3.8) is 0 Å². The number of pyridine rings is 2. The van der Waals surface area contributed by atoms with E-state index in [1.165, 1.54) is 20.7 Å². The summed E-state index contributed by atoms with van der Waals surface area (Å²) in [5.41, 5.74) is 6.36. The van der Waals surface area contributed by atoms with Crippen molar-refractivity contribution in [2.75, 3.05) is 0 Å². The molecule has 0 saturated heterocycles. The Labute approximate surface area is 325 Å². The molecule has 0 amide bonds. The molecule has 0 radical (unpaired) electrons. The van der Waals surface area contributed by atoms with Crippen LogP contribution in [-0.4, -0.2) is 33.0 Å². The van der Waals surface area contributed by atoms with E-state index in [1.54, 1.807) is 6.20 Å². The lowest BCUT2D eigenvalue weighted by molar-refractivity contribution is 0.489. The van der Waals surface area contributed by atoms with Gasteiger partial charge in [0.15, 0.2) is 25.5 Å². The molecule has 6 nitrogen and oxygen atoms in total. The monoisotopic (exact) mass is 735 g/mol. The molecule has 6 aromatic carbocycles. The second-order valence-electron chi connectivity index (χ2n) is 13.7. The summed E-state index contributed by atoms with van der Waals surface area (Å²) in [5.74, 6) is 3.50. The molecule has 1 aliphatic rings. The summed E-state index contributed by atoms with van der Waals surface area (Å²) >= 11 is 0. The maximum atomic E-state index is 6.95. The van der Waals surface area contributed by atoms with Gasteiger partial charge in [-0.2, -0.15) is 0 Å². The van der Waals surface area contributed by atoms with Crippen LogP contribution >= 0.6 is 0 Å². The summed E-state index contributed by atoms with van der Waals surface area (Å²) in [7, 11) is -2.80. The molecule has 0 spiro atoms. The minimum atomic E-state index is -2.80. The Kier molecular flexibility index (Phi) is 8.39. The van der Waals surface area contributed by atoms with Crippen molar-refractivity contribution in [3.8, 4) is 67.9 Å². The van der Waals surface area contributed by atoms with Crippen LogP contribution in [-0.2, 0) is 0 Å². The summed E-state index contributed by atoms with van der Waals surface area (Å²) < 4.78 is 6.95. The van der Waals surface area contributed by atoms with Crippen LogP contribution in [0, 0.1) is 0 Å². The van der Waals surface area contributed by atoms with Crippen molar-refractivity contribution < 1.29 is 4.74 Å². The van der Waals surface area contributed by atoms with Gasteiger partial charge in [-0.05, 0) is 38.9 Å². The van der Waals surface area contributed by atoms with Gasteiger partial charge in [-0.1, -0.05) is 158 Å². The molecule has 264 valence electrons. The van der Waals surface area contributed by atoms with E-state index in [1.807, 2.05) is 79.3 Å². The number of para-hydroxylation sites is 2. The second kappa shape index (κ2) is 14.1. The zero-order chi connectivity index (χ0) is 37.3. The van der Waals surface area contributed by atoms with Gasteiger partial charge in [0.05, 0.1) is 0 Å². The highest BCUT2D eigenvalue weighted by Gasteiger charge is 2.48. The van der Waals surface area contributed by atoms with Gasteiger partial charge in [-0.3, -0.25) is 9.97 Å². The lowest BCUT2D eigenvalue weighted by atomic mass is 10.0. The fraction of sp³-hybridized carbons (Fsp3) is 0. The third kappa shape index (κ3) is 5.78. The maximum Gasteiger partial charge on any atom is 0.188 e. The van der Waals surface area contributed by atoms with Crippen LogP contribution in [0.15, 0.2) is 201 Å². The summed E-state index contributed by atoms with van der Waals surface area (Å²) in [6.07, 6.45) is 7.45. The average Bonchev–Trinajstić information content (AvgIpc) is 3.29. The Morgan fingerprint density at radius 2 is 0.804 bits per heavy atom. The van der Waals surface area contributed by atoms with Gasteiger partial charge in [-0.25, -0.2) is 15.0 Å². The molecule has 0 fully saturated rings. The Morgan fingerprint density at radius 1 is 0.357 bits per heavy atom. The molecule has 0 atom stereocenters. The smallest absolute Gasteiger partial charge is 0.188 e. The van der Waals surface area contributed by atoms with Crippen LogP contribution < -0.4 is 25.5 Å². The van der Waals surface area contributed by atoms with Crippen LogP contribution in [0.1, 0.15) is 0 Å². The molecule has 0 saturated carbocycles. The lowest BCUT2D eigenvalue weighted by Crippen LogP contribution is -2.76. The van der Waals surface area contributed by atoms with E-state index >= 15 is 0 Å². The first-order chi connectivity index (χ1) is 27.8. The number of aromatic nitrogens is 5. The number of rotatable bonds is 7. The first-order valence-electron chi connectivity index (χ1n) is 18.6. The Morgan fingerprint density at radius 3 is 1.39 bits per heavy atom. The Balaban J connectivity index is 1.10. The first-order valence-corrected chi connectivity index (χ1v) is 20.6. The molecule has 7 heteroatoms. The molecule has 1 aliphatic heterocycles. The summed E-state index contributed by atoms with van der Waals surface area (Å²) in [6, 6.07) is 61.2. The van der Waals surface area contributed by atoms with Crippen LogP contribution in [0.4, 0.5) is 0 Å². The van der Waals surface area contributed by atoms with Crippen molar-refractivity contribution >= 4 is 28.8 Å². The van der Waals surface area contributed by atoms with E-state index in [0.717, 1.165) is 50.4 Å². The predicted molar refractivity (Wildman–Crippen MR) is 226 cm³/mol. The highest BCUT2D eigenvalue weighted by Crippen LogP contribution is 2.38. The second-order valence-corrected chi connectivity index (χ2v) is 17.5. The van der Waals surface area contributed by atoms with Crippen molar-refractivity contribution in [3.05, 3.63) is 201 Å². The zero-order valence-electron chi connectivity index (χ0n) is 30.2. The largest absolute Gasteiger partial charge is 0.457 e. The van der Waals surface area contributed by atoms with Crippen LogP contribution in [0.2, 0.25) is 0 Å². The summed E-state index contributed by atoms with van der Waals surface area (Å²) in [6.45, 7) is 0. The Hall–Kier alpha value is -7.35. The molecule has 0 N–H and O–H groups in total. The maximum absolute atomic E-state index is 6.95. The minimum absolute atomic E-state index is 0.545. The molecular weight excluding hydrogens is 703 g/mol. The number of ether oxygens (including phenoxy) is 1. The van der Waals surface area contributed by atoms with E-state index in [2.05, 4.69) is 120 Å². The fourth-order valence-corrected chi connectivity index (χ4v) is 12.8. The third-order valence-corrected chi connectivity index (χ3v) is 15.2. The van der Waals surface area contributed by atoms with Crippen LogP contribution in [0.25, 0.3) is 56.4 Å². The van der Waals surface area contributed by atoms with Crippen molar-refractivity contribution in [2.24, 2.45) is 0 Å². The van der Waals surface area contributed by atoms with Gasteiger partial charge in [0, 0.05) is 63.7 Å². The fourth-order valence-electron chi connectivity index (χ4n) is 7.86. The molecule has 3 aromatic heterocycles. The normalized spacial score (nSPS) is 12.6. The standard InChI is InChI=1S/C49H33N5OSi/c1-5-16-34(17-6-1)47-52-48(35-18-7-2-8-19-35)54-49(53-47)39-29-37(31-51-33-39)36-28-38(32-50-30-36)42-24-15-27-45-46(42)55-43-25-13-14-26-44(43)56(45,40-20-9-3-10-21-40)41-22-11-4-12-23-41/h1-33H. The molecule has 0 aliphatic carbocycles. The molecule has 56 heavy (non-hydrogen) atoms. The van der Waals surface area contributed by atoms with Gasteiger partial charge < -0.3 is 4.74 Å². The number of fused-ring (bicyclic) bond motifs is 2. The molecular formula is C49H33N5OSi. The van der Waals surface area contributed by atoms with Crippen molar-refractivity contribution in [1.29, 1.82) is 0 Å². The van der Waals surface area contributed by atoms with Crippen LogP contribution in [0.5, 0.6) is 11.5 Å². The molecule has 0 bridgehead atoms. The lowest BCUT2D eigenvalue weighted by Gasteiger charge is -2.40. The van der Waals surface area contributed by atoms with Crippen molar-refractivity contribution in [2.45, 2.75) is 0 Å². The molecule has 10 rings (SSSR count). The number of hydrogen-bond acceptors (Lipinski definition) is 6. The van der Waals surface area contributed by atoms with E-state index in [4.69, 9.17) is 24.7 Å². The van der Waals surface area contributed by atoms with Gasteiger partial charge in [0.25, 0.3) is 0 Å².